The number of nitrogens with one attached hydrogen (secondary N) is 1. The lowest BCUT2D eigenvalue weighted by Gasteiger charge is -2.06. The van der Waals surface area contributed by atoms with E-state index in [1.165, 1.54) is 11.8 Å². The lowest BCUT2D eigenvalue weighted by Crippen LogP contribution is -2.06. The van der Waals surface area contributed by atoms with Crippen molar-refractivity contribution < 1.29 is 4.79 Å². The van der Waals surface area contributed by atoms with Crippen molar-refractivity contribution in [2.75, 3.05) is 5.75 Å². The molecule has 2 heterocycles. The molecule has 0 radical (unpaired) electrons. The van der Waals surface area contributed by atoms with Gasteiger partial charge in [0.1, 0.15) is 0 Å². The van der Waals surface area contributed by atoms with Crippen LogP contribution in [-0.4, -0.2) is 36.7 Å². The molecule has 7 heteroatoms. The number of para-hydroxylation sites is 1. The fraction of sp³-hybridized carbons (Fsp3) is 0.143. The molecule has 0 aliphatic carbocycles. The fourth-order valence-electron chi connectivity index (χ4n) is 1.93. The highest BCUT2D eigenvalue weighted by molar-refractivity contribution is 7.99. The van der Waals surface area contributed by atoms with E-state index in [9.17, 15) is 4.79 Å². The molecule has 2 aromatic heterocycles. The zero-order valence-corrected chi connectivity index (χ0v) is 12.2. The summed E-state index contributed by atoms with van der Waals surface area (Å²) in [6.07, 6.45) is 1.73. The lowest BCUT2D eigenvalue weighted by molar-refractivity contribution is 0.101. The minimum Gasteiger partial charge on any atom is -0.359 e. The monoisotopic (exact) mass is 299 g/mol. The summed E-state index contributed by atoms with van der Waals surface area (Å²) in [5, 5.41) is 12.3. The van der Waals surface area contributed by atoms with Crippen LogP contribution in [0.3, 0.4) is 0 Å². The molecule has 106 valence electrons. The van der Waals surface area contributed by atoms with Gasteiger partial charge in [-0.05, 0) is 41.1 Å². The molecular weight excluding hydrogens is 286 g/mol. The van der Waals surface area contributed by atoms with Crippen molar-refractivity contribution in [2.45, 2.75) is 12.1 Å². The Kier molecular flexibility index (Phi) is 3.83. The van der Waals surface area contributed by atoms with Gasteiger partial charge in [0.2, 0.25) is 5.16 Å². The second-order valence-corrected chi connectivity index (χ2v) is 5.40. The summed E-state index contributed by atoms with van der Waals surface area (Å²) < 4.78 is 1.65. The molecule has 0 aliphatic heterocycles. The van der Waals surface area contributed by atoms with E-state index in [-0.39, 0.29) is 11.5 Å². The number of hydrogen-bond donors (Lipinski definition) is 1. The number of Topliss-reactive ketones (excluding diaryl/α,β-unsaturated/α-hetero) is 1. The van der Waals surface area contributed by atoms with Crippen molar-refractivity contribution in [3.8, 4) is 5.69 Å². The number of H-pyrrole nitrogens is 1. The van der Waals surface area contributed by atoms with Gasteiger partial charge < -0.3 is 4.98 Å². The Bertz CT molecular complexity index is 750. The molecule has 0 bridgehead atoms. The third-order valence-corrected chi connectivity index (χ3v) is 3.93. The van der Waals surface area contributed by atoms with Gasteiger partial charge in [0.05, 0.1) is 17.1 Å². The molecule has 6 nitrogen and oxygen atoms in total. The Labute approximate surface area is 125 Å². The van der Waals surface area contributed by atoms with Crippen molar-refractivity contribution in [3.05, 3.63) is 53.9 Å². The quantitative estimate of drug-likeness (QED) is 0.577. The number of tetrazole rings is 1. The van der Waals surface area contributed by atoms with E-state index in [0.29, 0.717) is 10.9 Å². The third kappa shape index (κ3) is 2.87. The third-order valence-electron chi connectivity index (χ3n) is 3.02. The van der Waals surface area contributed by atoms with E-state index < -0.39 is 0 Å². The summed E-state index contributed by atoms with van der Waals surface area (Å²) in [5.41, 5.74) is 2.58. The zero-order valence-electron chi connectivity index (χ0n) is 11.4. The topological polar surface area (TPSA) is 76.5 Å². The van der Waals surface area contributed by atoms with Gasteiger partial charge in [-0.1, -0.05) is 30.0 Å². The molecule has 1 N–H and O–H groups in total. The van der Waals surface area contributed by atoms with Gasteiger partial charge in [-0.25, -0.2) is 0 Å². The van der Waals surface area contributed by atoms with Gasteiger partial charge in [0, 0.05) is 6.20 Å². The van der Waals surface area contributed by atoms with Crippen molar-refractivity contribution in [1.29, 1.82) is 0 Å². The summed E-state index contributed by atoms with van der Waals surface area (Å²) in [6.45, 7) is 2.00. The first kappa shape index (κ1) is 13.6. The maximum absolute atomic E-state index is 12.0. The Morgan fingerprint density at radius 2 is 2.14 bits per heavy atom. The molecule has 1 aromatic carbocycles. The van der Waals surface area contributed by atoms with Crippen LogP contribution < -0.4 is 0 Å². The van der Waals surface area contributed by atoms with Crippen molar-refractivity contribution in [1.82, 2.24) is 25.2 Å². The minimum atomic E-state index is 0.0179. The lowest BCUT2D eigenvalue weighted by atomic mass is 10.2. The summed E-state index contributed by atoms with van der Waals surface area (Å²) in [4.78, 5) is 14.9. The van der Waals surface area contributed by atoms with Crippen LogP contribution in [0.25, 0.3) is 5.69 Å². The van der Waals surface area contributed by atoms with Gasteiger partial charge in [0.25, 0.3) is 0 Å². The van der Waals surface area contributed by atoms with E-state index in [1.807, 2.05) is 31.2 Å². The summed E-state index contributed by atoms with van der Waals surface area (Å²) >= 11 is 1.32. The standard InChI is InChI=1S/C14H13N5OS/c1-10-5-2-3-7-12(10)19-14(16-17-18-19)21-9-13(20)11-6-4-8-15-11/h2-8,15H,9H2,1H3. The largest absolute Gasteiger partial charge is 0.359 e. The average molecular weight is 299 g/mol. The molecular formula is C14H13N5OS. The number of benzene rings is 1. The molecule has 0 atom stereocenters. The number of thioether (sulfide) groups is 1. The van der Waals surface area contributed by atoms with Gasteiger partial charge in [-0.2, -0.15) is 4.68 Å². The minimum absolute atomic E-state index is 0.0179. The number of nitrogens with zero attached hydrogens (tertiary/aromatic N) is 4. The van der Waals surface area contributed by atoms with Crippen LogP contribution in [0.2, 0.25) is 0 Å². The molecule has 0 aliphatic rings. The van der Waals surface area contributed by atoms with Crippen LogP contribution in [0.1, 0.15) is 16.1 Å². The molecule has 21 heavy (non-hydrogen) atoms. The van der Waals surface area contributed by atoms with Crippen LogP contribution in [0.5, 0.6) is 0 Å². The summed E-state index contributed by atoms with van der Waals surface area (Å²) in [5.74, 6) is 0.302. The molecule has 0 unspecified atom stereocenters. The first-order valence-corrected chi connectivity index (χ1v) is 7.38. The van der Waals surface area contributed by atoms with E-state index in [4.69, 9.17) is 0 Å². The van der Waals surface area contributed by atoms with Crippen LogP contribution in [0, 0.1) is 6.92 Å². The predicted molar refractivity (Wildman–Crippen MR) is 79.7 cm³/mol. The number of carbonyl (C=O) groups is 1. The molecule has 3 rings (SSSR count). The maximum atomic E-state index is 12.0. The summed E-state index contributed by atoms with van der Waals surface area (Å²) in [7, 11) is 0. The smallest absolute Gasteiger partial charge is 0.214 e. The second kappa shape index (κ2) is 5.92. The van der Waals surface area contributed by atoms with Crippen LogP contribution in [0.4, 0.5) is 0 Å². The Morgan fingerprint density at radius 1 is 1.29 bits per heavy atom. The number of hydrogen-bond acceptors (Lipinski definition) is 5. The number of rotatable bonds is 5. The van der Waals surface area contributed by atoms with Crippen LogP contribution in [-0.2, 0) is 0 Å². The molecule has 3 aromatic rings. The highest BCUT2D eigenvalue weighted by atomic mass is 32.2. The van der Waals surface area contributed by atoms with Crippen molar-refractivity contribution in [3.63, 3.8) is 0 Å². The number of aryl methyl sites for hydroxylation is 1. The first-order chi connectivity index (χ1) is 10.3. The van der Waals surface area contributed by atoms with Crippen molar-refractivity contribution >= 4 is 17.5 Å². The second-order valence-electron chi connectivity index (χ2n) is 4.46. The molecule has 0 saturated heterocycles. The average Bonchev–Trinajstić information content (AvgIpc) is 3.17. The van der Waals surface area contributed by atoms with Gasteiger partial charge in [-0.15, -0.1) is 5.10 Å². The van der Waals surface area contributed by atoms with Gasteiger partial charge >= 0.3 is 0 Å². The molecule has 0 saturated carbocycles. The SMILES string of the molecule is Cc1ccccc1-n1nnnc1SCC(=O)c1ccc[nH]1. The van der Waals surface area contributed by atoms with Gasteiger partial charge in [0.15, 0.2) is 5.78 Å². The Hall–Kier alpha value is -2.41. The Balaban J connectivity index is 1.78. The molecule has 0 fully saturated rings. The summed E-state index contributed by atoms with van der Waals surface area (Å²) in [6, 6.07) is 11.4. The van der Waals surface area contributed by atoms with Crippen LogP contribution in [0.15, 0.2) is 47.8 Å². The highest BCUT2D eigenvalue weighted by Gasteiger charge is 2.14. The van der Waals surface area contributed by atoms with Crippen LogP contribution >= 0.6 is 11.8 Å². The molecule has 0 spiro atoms. The first-order valence-electron chi connectivity index (χ1n) is 6.39. The normalized spacial score (nSPS) is 10.7. The predicted octanol–water partition coefficient (Wildman–Crippen LogP) is 2.27. The number of aromatic amines is 1. The van der Waals surface area contributed by atoms with Crippen molar-refractivity contribution in [2.24, 2.45) is 0 Å². The molecule has 0 amide bonds. The number of ketones is 1. The number of carbonyl (C=O) groups excluding carboxylic acids is 1. The van der Waals surface area contributed by atoms with Gasteiger partial charge in [-0.3, -0.25) is 4.79 Å². The van der Waals surface area contributed by atoms with E-state index in [1.54, 1.807) is 23.0 Å². The van der Waals surface area contributed by atoms with E-state index >= 15 is 0 Å². The van der Waals surface area contributed by atoms with E-state index in [2.05, 4.69) is 20.5 Å². The zero-order chi connectivity index (χ0) is 14.7. The fourth-order valence-corrected chi connectivity index (χ4v) is 2.70. The highest BCUT2D eigenvalue weighted by Crippen LogP contribution is 2.21. The maximum Gasteiger partial charge on any atom is 0.214 e. The van der Waals surface area contributed by atoms with E-state index in [0.717, 1.165) is 11.3 Å². The number of aromatic nitrogens is 5. The Morgan fingerprint density at radius 3 is 2.90 bits per heavy atom.